The van der Waals surface area contributed by atoms with Crippen LogP contribution in [0.25, 0.3) is 0 Å². The second-order valence-corrected chi connectivity index (χ2v) is 7.46. The van der Waals surface area contributed by atoms with Crippen molar-refractivity contribution >= 4 is 35.4 Å². The molecule has 0 amide bonds. The van der Waals surface area contributed by atoms with Gasteiger partial charge in [-0.15, -0.1) is 0 Å². The molecule has 132 valence electrons. The molecule has 2 heterocycles. The molecule has 0 aromatic carbocycles. The standard InChI is InChI=1S/C21H20ClN3S/c1-3-12-23-15(2)20-19(14-16-7-6-13-24-21(16)25-20)26-18-9-5-4-8-17(22)10-11-18/h3-4,6-8,10-13H,1-2,5,9,14H2,(H,24,25)/b8-4-,17-10+,18-11+,23-12?. The molecule has 3 nitrogen and oxygen atoms in total. The molecule has 0 unspecified atom stereocenters. The second kappa shape index (κ2) is 8.88. The number of hydrogen-bond donors (Lipinski definition) is 1. The van der Waals surface area contributed by atoms with Gasteiger partial charge in [0.1, 0.15) is 5.82 Å². The minimum Gasteiger partial charge on any atom is -0.338 e. The largest absolute Gasteiger partial charge is 0.338 e. The van der Waals surface area contributed by atoms with E-state index in [0.717, 1.165) is 35.8 Å². The number of aromatic nitrogens is 1. The van der Waals surface area contributed by atoms with Gasteiger partial charge in [0.2, 0.25) is 0 Å². The first-order valence-corrected chi connectivity index (χ1v) is 9.56. The van der Waals surface area contributed by atoms with Gasteiger partial charge in [0.15, 0.2) is 0 Å². The number of anilines is 1. The molecule has 0 spiro atoms. The topological polar surface area (TPSA) is 37.3 Å². The van der Waals surface area contributed by atoms with E-state index in [2.05, 4.69) is 46.7 Å². The van der Waals surface area contributed by atoms with E-state index in [9.17, 15) is 0 Å². The summed E-state index contributed by atoms with van der Waals surface area (Å²) in [6.45, 7) is 7.78. The monoisotopic (exact) mass is 381 g/mol. The fourth-order valence-corrected chi connectivity index (χ4v) is 3.97. The van der Waals surface area contributed by atoms with Gasteiger partial charge in [0.25, 0.3) is 0 Å². The first kappa shape index (κ1) is 18.5. The van der Waals surface area contributed by atoms with Gasteiger partial charge in [-0.3, -0.25) is 4.99 Å². The molecule has 0 fully saturated rings. The highest BCUT2D eigenvalue weighted by atomic mass is 35.5. The summed E-state index contributed by atoms with van der Waals surface area (Å²) >= 11 is 7.90. The summed E-state index contributed by atoms with van der Waals surface area (Å²) in [6.07, 6.45) is 15.9. The average Bonchev–Trinajstić information content (AvgIpc) is 2.64. The molecule has 1 aromatic heterocycles. The third-order valence-electron chi connectivity index (χ3n) is 3.91. The van der Waals surface area contributed by atoms with Gasteiger partial charge in [0, 0.05) is 28.8 Å². The normalized spacial score (nSPS) is 22.2. The Bertz CT molecular complexity index is 875. The Kier molecular flexibility index (Phi) is 6.31. The number of thioether (sulfide) groups is 1. The third kappa shape index (κ3) is 4.65. The van der Waals surface area contributed by atoms with Crippen molar-refractivity contribution in [3.63, 3.8) is 0 Å². The van der Waals surface area contributed by atoms with Crippen molar-refractivity contribution in [3.8, 4) is 0 Å². The van der Waals surface area contributed by atoms with Crippen molar-refractivity contribution in [2.24, 2.45) is 4.99 Å². The van der Waals surface area contributed by atoms with E-state index < -0.39 is 0 Å². The first-order valence-electron chi connectivity index (χ1n) is 8.36. The molecule has 1 aromatic rings. The number of fused-ring (bicyclic) bond motifs is 1. The Morgan fingerprint density at radius 1 is 1.38 bits per heavy atom. The summed E-state index contributed by atoms with van der Waals surface area (Å²) in [5.41, 5.74) is 2.75. The van der Waals surface area contributed by atoms with Gasteiger partial charge in [-0.2, -0.15) is 0 Å². The fourth-order valence-electron chi connectivity index (χ4n) is 2.65. The maximum absolute atomic E-state index is 6.15. The van der Waals surface area contributed by atoms with Crippen molar-refractivity contribution in [3.05, 3.63) is 93.7 Å². The van der Waals surface area contributed by atoms with Crippen LogP contribution >= 0.6 is 23.4 Å². The summed E-state index contributed by atoms with van der Waals surface area (Å²) in [7, 11) is 0. The summed E-state index contributed by atoms with van der Waals surface area (Å²) in [5, 5.41) is 4.14. The molecule has 0 bridgehead atoms. The smallest absolute Gasteiger partial charge is 0.133 e. The van der Waals surface area contributed by atoms with Crippen molar-refractivity contribution in [2.45, 2.75) is 19.3 Å². The Morgan fingerprint density at radius 3 is 3.12 bits per heavy atom. The maximum atomic E-state index is 6.15. The number of aliphatic imine (C=N–C) groups is 1. The number of nitrogens with zero attached hydrogens (tertiary/aromatic N) is 2. The zero-order chi connectivity index (χ0) is 18.4. The zero-order valence-corrected chi connectivity index (χ0v) is 16.0. The molecule has 1 aliphatic carbocycles. The highest BCUT2D eigenvalue weighted by Crippen LogP contribution is 2.40. The van der Waals surface area contributed by atoms with Crippen LogP contribution < -0.4 is 5.32 Å². The molecule has 0 atom stereocenters. The first-order chi connectivity index (χ1) is 12.7. The third-order valence-corrected chi connectivity index (χ3v) is 5.36. The Morgan fingerprint density at radius 2 is 2.27 bits per heavy atom. The molecule has 2 aliphatic rings. The highest BCUT2D eigenvalue weighted by Gasteiger charge is 2.21. The van der Waals surface area contributed by atoms with Gasteiger partial charge >= 0.3 is 0 Å². The second-order valence-electron chi connectivity index (χ2n) is 5.80. The summed E-state index contributed by atoms with van der Waals surface area (Å²) in [6, 6.07) is 4.05. The molecular weight excluding hydrogens is 362 g/mol. The fraction of sp³-hybridized carbons (Fsp3) is 0.143. The van der Waals surface area contributed by atoms with Crippen LogP contribution in [-0.4, -0.2) is 11.2 Å². The van der Waals surface area contributed by atoms with Crippen LogP contribution in [0, 0.1) is 0 Å². The predicted molar refractivity (Wildman–Crippen MR) is 114 cm³/mol. The van der Waals surface area contributed by atoms with Gasteiger partial charge in [-0.25, -0.2) is 4.98 Å². The Hall–Kier alpha value is -2.30. The number of nitrogens with one attached hydrogen (secondary N) is 1. The van der Waals surface area contributed by atoms with Crippen molar-refractivity contribution in [2.75, 3.05) is 5.32 Å². The minimum atomic E-state index is 0.670. The molecule has 26 heavy (non-hydrogen) atoms. The lowest BCUT2D eigenvalue weighted by atomic mass is 10.1. The van der Waals surface area contributed by atoms with Crippen molar-refractivity contribution in [1.29, 1.82) is 0 Å². The summed E-state index contributed by atoms with van der Waals surface area (Å²) in [5.74, 6) is 0.860. The van der Waals surface area contributed by atoms with E-state index >= 15 is 0 Å². The number of hydrogen-bond acceptors (Lipinski definition) is 4. The number of allylic oxidation sites excluding steroid dienone is 8. The SMILES string of the molecule is C=CC=NC(=C)C1=C(S/C2=C/C=C(Cl)\C=C/CC2)Cc2cccnc2N1. The van der Waals surface area contributed by atoms with E-state index in [4.69, 9.17) is 11.6 Å². The average molecular weight is 382 g/mol. The highest BCUT2D eigenvalue weighted by molar-refractivity contribution is 8.06. The lowest BCUT2D eigenvalue weighted by Gasteiger charge is -2.24. The van der Waals surface area contributed by atoms with Crippen LogP contribution in [-0.2, 0) is 6.42 Å². The minimum absolute atomic E-state index is 0.670. The summed E-state index contributed by atoms with van der Waals surface area (Å²) in [4.78, 5) is 11.2. The summed E-state index contributed by atoms with van der Waals surface area (Å²) < 4.78 is 0. The molecule has 1 aliphatic heterocycles. The molecule has 1 N–H and O–H groups in total. The maximum Gasteiger partial charge on any atom is 0.133 e. The van der Waals surface area contributed by atoms with E-state index in [1.165, 1.54) is 15.4 Å². The zero-order valence-electron chi connectivity index (χ0n) is 14.4. The predicted octanol–water partition coefficient (Wildman–Crippen LogP) is 6.12. The van der Waals surface area contributed by atoms with Gasteiger partial charge in [0.05, 0.1) is 11.4 Å². The van der Waals surface area contributed by atoms with E-state index in [1.54, 1.807) is 30.2 Å². The molecule has 0 radical (unpaired) electrons. The van der Waals surface area contributed by atoms with Crippen molar-refractivity contribution in [1.82, 2.24) is 4.98 Å². The van der Waals surface area contributed by atoms with Crippen LogP contribution in [0.5, 0.6) is 0 Å². The van der Waals surface area contributed by atoms with Crippen LogP contribution in [0.4, 0.5) is 5.82 Å². The van der Waals surface area contributed by atoms with E-state index in [0.29, 0.717) is 5.70 Å². The molecule has 0 saturated heterocycles. The molecule has 3 rings (SSSR count). The quantitative estimate of drug-likeness (QED) is 0.624. The van der Waals surface area contributed by atoms with Crippen LogP contribution in [0.2, 0.25) is 0 Å². The number of pyridine rings is 1. The lowest BCUT2D eigenvalue weighted by molar-refractivity contribution is 1.03. The lowest BCUT2D eigenvalue weighted by Crippen LogP contribution is -2.14. The van der Waals surface area contributed by atoms with Crippen LogP contribution in [0.15, 0.2) is 93.1 Å². The molecule has 5 heteroatoms. The van der Waals surface area contributed by atoms with Gasteiger partial charge < -0.3 is 5.32 Å². The number of rotatable bonds is 5. The van der Waals surface area contributed by atoms with Crippen LogP contribution in [0.1, 0.15) is 18.4 Å². The Labute approximate surface area is 163 Å². The van der Waals surface area contributed by atoms with Gasteiger partial charge in [-0.1, -0.05) is 60.8 Å². The molecule has 0 saturated carbocycles. The van der Waals surface area contributed by atoms with Crippen LogP contribution in [0.3, 0.4) is 0 Å². The van der Waals surface area contributed by atoms with Crippen molar-refractivity contribution < 1.29 is 0 Å². The molecular formula is C21H20ClN3S. The van der Waals surface area contributed by atoms with E-state index in [1.807, 2.05) is 18.2 Å². The Balaban J connectivity index is 1.93. The number of halogens is 1. The van der Waals surface area contributed by atoms with E-state index in [-0.39, 0.29) is 0 Å². The van der Waals surface area contributed by atoms with Gasteiger partial charge in [-0.05, 0) is 41.5 Å².